The highest BCUT2D eigenvalue weighted by molar-refractivity contribution is 7.10. The van der Waals surface area contributed by atoms with Crippen LogP contribution in [0, 0.1) is 6.92 Å². The zero-order chi connectivity index (χ0) is 6.85. The molecular formula is C6H5O2S. The molecule has 0 aromatic carbocycles. The first kappa shape index (κ1) is 6.29. The van der Waals surface area contributed by atoms with Crippen molar-refractivity contribution in [2.75, 3.05) is 0 Å². The normalized spacial score (nSPS) is 9.44. The number of thiophene rings is 1. The summed E-state index contributed by atoms with van der Waals surface area (Å²) in [5.41, 5.74) is 0.324. The Labute approximate surface area is 56.8 Å². The smallest absolute Gasteiger partial charge is 0.336 e. The van der Waals surface area contributed by atoms with Gasteiger partial charge in [-0.3, -0.25) is 0 Å². The predicted molar refractivity (Wildman–Crippen MR) is 35.7 cm³/mol. The van der Waals surface area contributed by atoms with Gasteiger partial charge < -0.3 is 5.11 Å². The minimum atomic E-state index is -0.888. The SMILES string of the molecule is [CH2]c1cc(C(=O)O)cs1. The Bertz CT molecular complexity index is 227. The van der Waals surface area contributed by atoms with Crippen molar-refractivity contribution in [3.63, 3.8) is 0 Å². The van der Waals surface area contributed by atoms with Crippen LogP contribution in [0.15, 0.2) is 11.4 Å². The number of rotatable bonds is 1. The lowest BCUT2D eigenvalue weighted by atomic mass is 10.3. The van der Waals surface area contributed by atoms with E-state index in [4.69, 9.17) is 5.11 Å². The Balaban J connectivity index is 2.98. The van der Waals surface area contributed by atoms with Gasteiger partial charge in [-0.2, -0.15) is 0 Å². The molecule has 0 fully saturated rings. The lowest BCUT2D eigenvalue weighted by Gasteiger charge is -1.79. The van der Waals surface area contributed by atoms with Gasteiger partial charge in [-0.15, -0.1) is 11.3 Å². The monoisotopic (exact) mass is 141 g/mol. The van der Waals surface area contributed by atoms with Crippen molar-refractivity contribution >= 4 is 17.3 Å². The Hall–Kier alpha value is -0.830. The van der Waals surface area contributed by atoms with Gasteiger partial charge in [0, 0.05) is 10.3 Å². The van der Waals surface area contributed by atoms with Crippen LogP contribution < -0.4 is 0 Å². The standard InChI is InChI=1S/C6H5O2S/c1-4-2-5(3-9-4)6(7)8/h2-3H,1H2,(H,7,8). The molecule has 1 aromatic rings. The molecule has 0 amide bonds. The summed E-state index contributed by atoms with van der Waals surface area (Å²) < 4.78 is 0. The Morgan fingerprint density at radius 3 is 2.67 bits per heavy atom. The third-order valence-corrected chi connectivity index (χ3v) is 1.69. The van der Waals surface area contributed by atoms with Crippen LogP contribution in [0.3, 0.4) is 0 Å². The van der Waals surface area contributed by atoms with E-state index in [1.807, 2.05) is 0 Å². The van der Waals surface area contributed by atoms with E-state index in [1.54, 1.807) is 11.4 Å². The fourth-order valence-corrected chi connectivity index (χ4v) is 1.14. The van der Waals surface area contributed by atoms with Crippen LogP contribution in [0.4, 0.5) is 0 Å². The lowest BCUT2D eigenvalue weighted by molar-refractivity contribution is 0.0697. The zero-order valence-electron chi connectivity index (χ0n) is 4.63. The van der Waals surface area contributed by atoms with Crippen LogP contribution in [-0.2, 0) is 0 Å². The molecule has 9 heavy (non-hydrogen) atoms. The largest absolute Gasteiger partial charge is 0.478 e. The molecular weight excluding hydrogens is 136 g/mol. The number of carboxylic acids is 1. The molecule has 47 valence electrons. The van der Waals surface area contributed by atoms with Crippen LogP contribution in [0.5, 0.6) is 0 Å². The Kier molecular flexibility index (Phi) is 1.53. The van der Waals surface area contributed by atoms with Crippen molar-refractivity contribution < 1.29 is 9.90 Å². The second-order valence-electron chi connectivity index (χ2n) is 1.61. The number of hydrogen-bond donors (Lipinski definition) is 1. The van der Waals surface area contributed by atoms with Crippen LogP contribution in [0.2, 0.25) is 0 Å². The van der Waals surface area contributed by atoms with Gasteiger partial charge in [0.25, 0.3) is 0 Å². The molecule has 0 unspecified atom stereocenters. The average molecular weight is 141 g/mol. The average Bonchev–Trinajstić information content (AvgIpc) is 2.14. The van der Waals surface area contributed by atoms with E-state index in [-0.39, 0.29) is 0 Å². The van der Waals surface area contributed by atoms with Crippen LogP contribution in [0.1, 0.15) is 15.2 Å². The van der Waals surface area contributed by atoms with E-state index in [0.717, 1.165) is 4.88 Å². The summed E-state index contributed by atoms with van der Waals surface area (Å²) in [6, 6.07) is 1.55. The molecule has 0 aliphatic heterocycles. The minimum Gasteiger partial charge on any atom is -0.478 e. The molecule has 1 radical (unpaired) electrons. The number of aromatic carboxylic acids is 1. The first-order valence-corrected chi connectivity index (χ1v) is 3.22. The highest BCUT2D eigenvalue weighted by Crippen LogP contribution is 2.12. The summed E-state index contributed by atoms with van der Waals surface area (Å²) in [5, 5.41) is 9.95. The van der Waals surface area contributed by atoms with E-state index >= 15 is 0 Å². The summed E-state index contributed by atoms with van der Waals surface area (Å²) in [6.07, 6.45) is 0. The number of hydrogen-bond acceptors (Lipinski definition) is 2. The highest BCUT2D eigenvalue weighted by atomic mass is 32.1. The fraction of sp³-hybridized carbons (Fsp3) is 0. The van der Waals surface area contributed by atoms with Gasteiger partial charge in [-0.1, -0.05) is 0 Å². The third-order valence-electron chi connectivity index (χ3n) is 0.901. The molecule has 2 nitrogen and oxygen atoms in total. The predicted octanol–water partition coefficient (Wildman–Crippen LogP) is 1.63. The summed E-state index contributed by atoms with van der Waals surface area (Å²) in [7, 11) is 0. The van der Waals surface area contributed by atoms with E-state index in [1.165, 1.54) is 11.3 Å². The topological polar surface area (TPSA) is 37.3 Å². The molecule has 0 aliphatic carbocycles. The molecule has 0 bridgehead atoms. The fourth-order valence-electron chi connectivity index (χ4n) is 0.493. The minimum absolute atomic E-state index is 0.324. The van der Waals surface area contributed by atoms with E-state index in [2.05, 4.69) is 6.92 Å². The summed E-state index contributed by atoms with van der Waals surface area (Å²) in [4.78, 5) is 11.0. The third kappa shape index (κ3) is 1.29. The lowest BCUT2D eigenvalue weighted by Crippen LogP contribution is -1.91. The summed E-state index contributed by atoms with van der Waals surface area (Å²) in [6.45, 7) is 3.58. The van der Waals surface area contributed by atoms with E-state index in [0.29, 0.717) is 5.56 Å². The van der Waals surface area contributed by atoms with Crippen molar-refractivity contribution in [3.05, 3.63) is 28.8 Å². The van der Waals surface area contributed by atoms with Crippen molar-refractivity contribution in [1.29, 1.82) is 0 Å². The molecule has 0 atom stereocenters. The molecule has 0 saturated carbocycles. The van der Waals surface area contributed by atoms with Gasteiger partial charge >= 0.3 is 5.97 Å². The molecule has 0 saturated heterocycles. The summed E-state index contributed by atoms with van der Waals surface area (Å²) >= 11 is 1.34. The molecule has 1 aromatic heterocycles. The molecule has 1 N–H and O–H groups in total. The van der Waals surface area contributed by atoms with Gasteiger partial charge in [0.2, 0.25) is 0 Å². The van der Waals surface area contributed by atoms with Crippen molar-refractivity contribution in [2.24, 2.45) is 0 Å². The first-order chi connectivity index (χ1) is 4.20. The van der Waals surface area contributed by atoms with Gasteiger partial charge in [-0.05, 0) is 13.0 Å². The second-order valence-corrected chi connectivity index (χ2v) is 2.60. The second kappa shape index (κ2) is 2.19. The van der Waals surface area contributed by atoms with Crippen molar-refractivity contribution in [3.8, 4) is 0 Å². The Morgan fingerprint density at radius 1 is 1.78 bits per heavy atom. The molecule has 0 spiro atoms. The quantitative estimate of drug-likeness (QED) is 0.645. The van der Waals surface area contributed by atoms with Crippen molar-refractivity contribution in [1.82, 2.24) is 0 Å². The van der Waals surface area contributed by atoms with E-state index < -0.39 is 5.97 Å². The Morgan fingerprint density at radius 2 is 2.44 bits per heavy atom. The van der Waals surface area contributed by atoms with Crippen LogP contribution in [-0.4, -0.2) is 11.1 Å². The summed E-state index contributed by atoms with van der Waals surface area (Å²) in [5.74, 6) is -0.888. The van der Waals surface area contributed by atoms with Gasteiger partial charge in [0.15, 0.2) is 0 Å². The highest BCUT2D eigenvalue weighted by Gasteiger charge is 2.02. The maximum absolute atomic E-state index is 10.2. The molecule has 1 heterocycles. The maximum atomic E-state index is 10.2. The maximum Gasteiger partial charge on any atom is 0.336 e. The zero-order valence-corrected chi connectivity index (χ0v) is 5.44. The van der Waals surface area contributed by atoms with Crippen LogP contribution >= 0.6 is 11.3 Å². The van der Waals surface area contributed by atoms with Crippen LogP contribution in [0.25, 0.3) is 0 Å². The first-order valence-electron chi connectivity index (χ1n) is 2.34. The molecule has 3 heteroatoms. The van der Waals surface area contributed by atoms with Crippen molar-refractivity contribution in [2.45, 2.75) is 0 Å². The number of carbonyl (C=O) groups is 1. The van der Waals surface area contributed by atoms with Gasteiger partial charge in [0.1, 0.15) is 0 Å². The van der Waals surface area contributed by atoms with E-state index in [9.17, 15) is 4.79 Å². The van der Waals surface area contributed by atoms with Gasteiger partial charge in [-0.25, -0.2) is 4.79 Å². The molecule has 0 aliphatic rings. The van der Waals surface area contributed by atoms with Gasteiger partial charge in [0.05, 0.1) is 5.56 Å². The number of carboxylic acid groups (broad SMARTS) is 1. The molecule has 1 rings (SSSR count).